The van der Waals surface area contributed by atoms with Crippen molar-refractivity contribution in [2.45, 2.75) is 6.54 Å². The zero-order valence-corrected chi connectivity index (χ0v) is 12.9. The molecule has 20 heavy (non-hydrogen) atoms. The minimum Gasteiger partial charge on any atom is -0.496 e. The number of carbonyl (C=O) groups is 1. The molecule has 0 atom stereocenters. The molecule has 0 spiro atoms. The standard InChI is InChI=1S/C15H15BrN2O2/c1-18(10-12-5-3-4-6-13(12)20-2)15(19)11-7-8-14(16)17-9-11/h3-9H,10H2,1-2H3. The molecule has 1 aromatic heterocycles. The summed E-state index contributed by atoms with van der Waals surface area (Å²) in [6.45, 7) is 0.485. The lowest BCUT2D eigenvalue weighted by Crippen LogP contribution is -2.26. The van der Waals surface area contributed by atoms with Crippen LogP contribution in [0.3, 0.4) is 0 Å². The lowest BCUT2D eigenvalue weighted by Gasteiger charge is -2.18. The Morgan fingerprint density at radius 2 is 2.05 bits per heavy atom. The van der Waals surface area contributed by atoms with Gasteiger partial charge in [-0.1, -0.05) is 18.2 Å². The molecule has 2 aromatic rings. The second-order valence-electron chi connectivity index (χ2n) is 4.34. The van der Waals surface area contributed by atoms with Gasteiger partial charge in [0.05, 0.1) is 12.7 Å². The molecule has 0 aliphatic heterocycles. The van der Waals surface area contributed by atoms with Crippen molar-refractivity contribution in [1.29, 1.82) is 0 Å². The van der Waals surface area contributed by atoms with Gasteiger partial charge in [-0.05, 0) is 34.1 Å². The molecular formula is C15H15BrN2O2. The zero-order valence-electron chi connectivity index (χ0n) is 11.3. The highest BCUT2D eigenvalue weighted by atomic mass is 79.9. The number of benzene rings is 1. The van der Waals surface area contributed by atoms with Gasteiger partial charge >= 0.3 is 0 Å². The molecule has 1 aromatic carbocycles. The molecule has 0 aliphatic rings. The van der Waals surface area contributed by atoms with E-state index >= 15 is 0 Å². The van der Waals surface area contributed by atoms with Gasteiger partial charge in [0, 0.05) is 25.4 Å². The Kier molecular flexibility index (Phi) is 4.74. The summed E-state index contributed by atoms with van der Waals surface area (Å²) >= 11 is 3.25. The van der Waals surface area contributed by atoms with Crippen molar-refractivity contribution in [2.75, 3.05) is 14.2 Å². The molecule has 0 unspecified atom stereocenters. The fourth-order valence-corrected chi connectivity index (χ4v) is 2.12. The average Bonchev–Trinajstić information content (AvgIpc) is 2.48. The fourth-order valence-electron chi connectivity index (χ4n) is 1.88. The number of methoxy groups -OCH3 is 1. The van der Waals surface area contributed by atoms with E-state index in [-0.39, 0.29) is 5.91 Å². The van der Waals surface area contributed by atoms with Crippen LogP contribution in [0.5, 0.6) is 5.75 Å². The summed E-state index contributed by atoms with van der Waals surface area (Å²) < 4.78 is 6.00. The van der Waals surface area contributed by atoms with Crippen LogP contribution in [0.2, 0.25) is 0 Å². The fraction of sp³-hybridized carbons (Fsp3) is 0.200. The maximum absolute atomic E-state index is 12.3. The highest BCUT2D eigenvalue weighted by molar-refractivity contribution is 9.10. The molecule has 0 N–H and O–H groups in total. The second kappa shape index (κ2) is 6.52. The topological polar surface area (TPSA) is 42.4 Å². The third-order valence-corrected chi connectivity index (χ3v) is 3.39. The van der Waals surface area contributed by atoms with Crippen LogP contribution in [-0.4, -0.2) is 29.9 Å². The van der Waals surface area contributed by atoms with E-state index in [0.717, 1.165) is 11.3 Å². The average molecular weight is 335 g/mol. The van der Waals surface area contributed by atoms with Crippen LogP contribution in [-0.2, 0) is 6.54 Å². The third kappa shape index (κ3) is 3.36. The van der Waals surface area contributed by atoms with Crippen LogP contribution in [0.25, 0.3) is 0 Å². The van der Waals surface area contributed by atoms with Gasteiger partial charge < -0.3 is 9.64 Å². The van der Waals surface area contributed by atoms with Gasteiger partial charge in [-0.2, -0.15) is 0 Å². The predicted molar refractivity (Wildman–Crippen MR) is 80.7 cm³/mol. The first-order chi connectivity index (χ1) is 9.61. The number of pyridine rings is 1. The molecule has 0 fully saturated rings. The Hall–Kier alpha value is -1.88. The van der Waals surface area contributed by atoms with Gasteiger partial charge in [0.25, 0.3) is 5.91 Å². The van der Waals surface area contributed by atoms with E-state index in [0.29, 0.717) is 16.7 Å². The van der Waals surface area contributed by atoms with Gasteiger partial charge in [0.1, 0.15) is 10.4 Å². The monoisotopic (exact) mass is 334 g/mol. The van der Waals surface area contributed by atoms with Gasteiger partial charge in [0.2, 0.25) is 0 Å². The molecule has 1 heterocycles. The third-order valence-electron chi connectivity index (χ3n) is 2.92. The van der Waals surface area contributed by atoms with Crippen molar-refractivity contribution in [3.8, 4) is 5.75 Å². The van der Waals surface area contributed by atoms with E-state index in [1.165, 1.54) is 0 Å². The number of halogens is 1. The van der Waals surface area contributed by atoms with E-state index in [1.54, 1.807) is 37.4 Å². The Morgan fingerprint density at radius 3 is 2.70 bits per heavy atom. The summed E-state index contributed by atoms with van der Waals surface area (Å²) in [5, 5.41) is 0. The molecule has 0 bridgehead atoms. The van der Waals surface area contributed by atoms with Crippen molar-refractivity contribution in [3.63, 3.8) is 0 Å². The molecule has 5 heteroatoms. The highest BCUT2D eigenvalue weighted by Crippen LogP contribution is 2.19. The molecule has 104 valence electrons. The minimum absolute atomic E-state index is 0.0732. The number of para-hydroxylation sites is 1. The molecule has 0 saturated carbocycles. The van der Waals surface area contributed by atoms with E-state index in [2.05, 4.69) is 20.9 Å². The summed E-state index contributed by atoms with van der Waals surface area (Å²) in [6, 6.07) is 11.2. The minimum atomic E-state index is -0.0732. The van der Waals surface area contributed by atoms with Crippen molar-refractivity contribution in [2.24, 2.45) is 0 Å². The number of hydrogen-bond donors (Lipinski definition) is 0. The molecule has 2 rings (SSSR count). The van der Waals surface area contributed by atoms with Gasteiger partial charge in [-0.3, -0.25) is 4.79 Å². The maximum Gasteiger partial charge on any atom is 0.255 e. The van der Waals surface area contributed by atoms with Crippen molar-refractivity contribution in [3.05, 3.63) is 58.3 Å². The van der Waals surface area contributed by atoms with E-state index < -0.39 is 0 Å². The Labute approximate surface area is 126 Å². The SMILES string of the molecule is COc1ccccc1CN(C)C(=O)c1ccc(Br)nc1. The summed E-state index contributed by atoms with van der Waals surface area (Å²) in [5.41, 5.74) is 1.53. The van der Waals surface area contributed by atoms with Crippen molar-refractivity contribution < 1.29 is 9.53 Å². The Bertz CT molecular complexity index is 599. The lowest BCUT2D eigenvalue weighted by atomic mass is 10.1. The van der Waals surface area contributed by atoms with Crippen LogP contribution in [0.1, 0.15) is 15.9 Å². The normalized spacial score (nSPS) is 10.2. The van der Waals surface area contributed by atoms with E-state index in [4.69, 9.17) is 4.74 Å². The summed E-state index contributed by atoms with van der Waals surface area (Å²) in [6.07, 6.45) is 1.56. The number of nitrogens with zero attached hydrogens (tertiary/aromatic N) is 2. The first-order valence-corrected chi connectivity index (χ1v) is 6.90. The van der Waals surface area contributed by atoms with Crippen LogP contribution in [0, 0.1) is 0 Å². The predicted octanol–water partition coefficient (Wildman–Crippen LogP) is 3.12. The number of ether oxygens (including phenoxy) is 1. The molecule has 1 amide bonds. The number of hydrogen-bond acceptors (Lipinski definition) is 3. The largest absolute Gasteiger partial charge is 0.496 e. The van der Waals surface area contributed by atoms with Crippen molar-refractivity contribution in [1.82, 2.24) is 9.88 Å². The van der Waals surface area contributed by atoms with Crippen LogP contribution in [0.15, 0.2) is 47.2 Å². The first-order valence-electron chi connectivity index (χ1n) is 6.10. The number of amides is 1. The van der Waals surface area contributed by atoms with Gasteiger partial charge in [0.15, 0.2) is 0 Å². The van der Waals surface area contributed by atoms with Crippen LogP contribution < -0.4 is 4.74 Å². The zero-order chi connectivity index (χ0) is 14.5. The Balaban J connectivity index is 2.13. The molecule has 0 aliphatic carbocycles. The number of carbonyl (C=O) groups excluding carboxylic acids is 1. The van der Waals surface area contributed by atoms with E-state index in [9.17, 15) is 4.79 Å². The molecule has 0 saturated heterocycles. The quantitative estimate of drug-likeness (QED) is 0.807. The summed E-state index contributed by atoms with van der Waals surface area (Å²) in [5.74, 6) is 0.706. The summed E-state index contributed by atoms with van der Waals surface area (Å²) in [7, 11) is 3.39. The maximum atomic E-state index is 12.3. The van der Waals surface area contributed by atoms with Crippen LogP contribution >= 0.6 is 15.9 Å². The lowest BCUT2D eigenvalue weighted by molar-refractivity contribution is 0.0784. The smallest absolute Gasteiger partial charge is 0.255 e. The highest BCUT2D eigenvalue weighted by Gasteiger charge is 2.14. The molecule has 0 radical (unpaired) electrons. The number of rotatable bonds is 4. The van der Waals surface area contributed by atoms with Crippen molar-refractivity contribution >= 4 is 21.8 Å². The second-order valence-corrected chi connectivity index (χ2v) is 5.16. The van der Waals surface area contributed by atoms with Gasteiger partial charge in [-0.25, -0.2) is 4.98 Å². The first kappa shape index (κ1) is 14.5. The van der Waals surface area contributed by atoms with Gasteiger partial charge in [-0.15, -0.1) is 0 Å². The van der Waals surface area contributed by atoms with Crippen LogP contribution in [0.4, 0.5) is 0 Å². The number of aromatic nitrogens is 1. The van der Waals surface area contributed by atoms with E-state index in [1.807, 2.05) is 24.3 Å². The molecular weight excluding hydrogens is 320 g/mol. The molecule has 4 nitrogen and oxygen atoms in total. The summed E-state index contributed by atoms with van der Waals surface area (Å²) in [4.78, 5) is 18.0. The Morgan fingerprint density at radius 1 is 1.30 bits per heavy atom.